The van der Waals surface area contributed by atoms with Crippen LogP contribution in [0.1, 0.15) is 27.0 Å². The van der Waals surface area contributed by atoms with Crippen molar-refractivity contribution in [2.24, 2.45) is 0 Å². The molecule has 0 atom stereocenters. The number of carbonyl (C=O) groups is 2. The summed E-state index contributed by atoms with van der Waals surface area (Å²) in [7, 11) is 3.08. The van der Waals surface area contributed by atoms with Crippen LogP contribution in [0.5, 0.6) is 0 Å². The zero-order valence-electron chi connectivity index (χ0n) is 11.7. The van der Waals surface area contributed by atoms with E-state index in [9.17, 15) is 9.59 Å². The fraction of sp³-hybridized carbons (Fsp3) is 0.500. The highest BCUT2D eigenvalue weighted by atomic mass is 32.1. The van der Waals surface area contributed by atoms with E-state index in [1.165, 1.54) is 7.05 Å². The molecule has 1 rings (SSSR count). The van der Waals surface area contributed by atoms with Crippen molar-refractivity contribution in [2.75, 3.05) is 45.0 Å². The highest BCUT2D eigenvalue weighted by Crippen LogP contribution is 2.36. The van der Waals surface area contributed by atoms with Gasteiger partial charge in [-0.1, -0.05) is 0 Å². The Bertz CT molecular complexity index is 487. The van der Waals surface area contributed by atoms with Gasteiger partial charge in [0.2, 0.25) is 0 Å². The Morgan fingerprint density at radius 1 is 1.40 bits per heavy atom. The van der Waals surface area contributed by atoms with Gasteiger partial charge in [-0.3, -0.25) is 4.79 Å². The van der Waals surface area contributed by atoms with E-state index in [0.29, 0.717) is 18.2 Å². The molecule has 0 saturated carbocycles. The van der Waals surface area contributed by atoms with Crippen LogP contribution < -0.4 is 16.4 Å². The number of hydrogen-bond acceptors (Lipinski definition) is 7. The van der Waals surface area contributed by atoms with Crippen molar-refractivity contribution >= 4 is 33.9 Å². The predicted octanol–water partition coefficient (Wildman–Crippen LogP) is 0.925. The maximum atomic E-state index is 11.9. The molecule has 112 valence electrons. The Balaban J connectivity index is 3.10. The van der Waals surface area contributed by atoms with Crippen molar-refractivity contribution in [3.05, 3.63) is 10.4 Å². The molecule has 0 unspecified atom stereocenters. The molecule has 0 aliphatic heterocycles. The van der Waals surface area contributed by atoms with Gasteiger partial charge in [0, 0.05) is 20.7 Å². The number of nitrogens with two attached hydrogens (primary N) is 1. The van der Waals surface area contributed by atoms with Gasteiger partial charge in [-0.25, -0.2) is 4.79 Å². The van der Waals surface area contributed by atoms with E-state index in [0.717, 1.165) is 11.3 Å². The summed E-state index contributed by atoms with van der Waals surface area (Å²) in [5.74, 6) is -0.880. The van der Waals surface area contributed by atoms with Crippen molar-refractivity contribution < 1.29 is 19.1 Å². The first-order valence-electron chi connectivity index (χ1n) is 6.11. The number of methoxy groups -OCH3 is 1. The van der Waals surface area contributed by atoms with Crippen LogP contribution in [0.3, 0.4) is 0 Å². The lowest BCUT2D eigenvalue weighted by Crippen LogP contribution is -2.21. The average Bonchev–Trinajstić information content (AvgIpc) is 2.75. The van der Waals surface area contributed by atoms with Crippen LogP contribution in [0.4, 0.5) is 10.7 Å². The van der Waals surface area contributed by atoms with E-state index in [1.807, 2.05) is 0 Å². The molecular formula is C12H19N3O4S. The molecule has 7 nitrogen and oxygen atoms in total. The fourth-order valence-corrected chi connectivity index (χ4v) is 2.57. The van der Waals surface area contributed by atoms with Crippen molar-refractivity contribution in [3.63, 3.8) is 0 Å². The van der Waals surface area contributed by atoms with Crippen molar-refractivity contribution in [1.82, 2.24) is 5.32 Å². The second kappa shape index (κ2) is 7.71. The molecule has 0 aliphatic carbocycles. The molecule has 0 aliphatic rings. The molecule has 1 heterocycles. The maximum absolute atomic E-state index is 11.9. The Morgan fingerprint density at radius 2 is 2.10 bits per heavy atom. The van der Waals surface area contributed by atoms with E-state index >= 15 is 0 Å². The molecule has 0 radical (unpaired) electrons. The fourth-order valence-electron chi connectivity index (χ4n) is 1.53. The second-order valence-corrected chi connectivity index (χ2v) is 4.79. The molecule has 0 bridgehead atoms. The summed E-state index contributed by atoms with van der Waals surface area (Å²) in [4.78, 5) is 23.9. The van der Waals surface area contributed by atoms with E-state index in [2.05, 4.69) is 10.6 Å². The van der Waals surface area contributed by atoms with Crippen LogP contribution in [-0.4, -0.2) is 45.8 Å². The van der Waals surface area contributed by atoms with Gasteiger partial charge in [0.15, 0.2) is 0 Å². The van der Waals surface area contributed by atoms with Gasteiger partial charge in [0.1, 0.15) is 9.88 Å². The number of nitrogens with one attached hydrogen (secondary N) is 2. The summed E-state index contributed by atoms with van der Waals surface area (Å²) in [5.41, 5.74) is 6.29. The minimum absolute atomic E-state index is 0.132. The van der Waals surface area contributed by atoms with E-state index in [-0.39, 0.29) is 28.6 Å². The van der Waals surface area contributed by atoms with Crippen molar-refractivity contribution in [2.45, 2.75) is 6.92 Å². The number of amides is 1. The Morgan fingerprint density at radius 3 is 2.65 bits per heavy atom. The highest BCUT2D eigenvalue weighted by Gasteiger charge is 2.25. The van der Waals surface area contributed by atoms with Crippen LogP contribution in [0.15, 0.2) is 0 Å². The molecular weight excluding hydrogens is 282 g/mol. The number of thiophene rings is 1. The molecule has 8 heteroatoms. The lowest BCUT2D eigenvalue weighted by Gasteiger charge is -2.06. The summed E-state index contributed by atoms with van der Waals surface area (Å²) in [6, 6.07) is 0. The molecule has 0 saturated heterocycles. The highest BCUT2D eigenvalue weighted by molar-refractivity contribution is 7.19. The monoisotopic (exact) mass is 301 g/mol. The van der Waals surface area contributed by atoms with Crippen molar-refractivity contribution in [3.8, 4) is 0 Å². The molecule has 4 N–H and O–H groups in total. The third-order valence-corrected chi connectivity index (χ3v) is 3.60. The number of esters is 1. The summed E-state index contributed by atoms with van der Waals surface area (Å²) < 4.78 is 9.86. The normalized spacial score (nSPS) is 10.2. The first-order chi connectivity index (χ1) is 9.56. The van der Waals surface area contributed by atoms with Crippen molar-refractivity contribution in [1.29, 1.82) is 0 Å². The average molecular weight is 301 g/mol. The largest absolute Gasteiger partial charge is 0.462 e. The molecule has 1 amide bonds. The SMILES string of the molecule is CCOC(=O)c1sc(NCCOC)c(C(=O)NC)c1N. The molecule has 0 fully saturated rings. The molecule has 0 aromatic carbocycles. The van der Waals surface area contributed by atoms with Crippen LogP contribution in [0, 0.1) is 0 Å². The Labute approximate surface area is 121 Å². The van der Waals surface area contributed by atoms with Crippen LogP contribution in [0.2, 0.25) is 0 Å². The first-order valence-corrected chi connectivity index (χ1v) is 6.92. The smallest absolute Gasteiger partial charge is 0.350 e. The Kier molecular flexibility index (Phi) is 6.26. The van der Waals surface area contributed by atoms with Gasteiger partial charge in [-0.15, -0.1) is 11.3 Å². The third kappa shape index (κ3) is 3.61. The lowest BCUT2D eigenvalue weighted by molar-refractivity contribution is 0.0533. The molecule has 1 aromatic rings. The van der Waals surface area contributed by atoms with Gasteiger partial charge < -0.3 is 25.8 Å². The number of ether oxygens (including phenoxy) is 2. The first kappa shape index (κ1) is 16.3. The predicted molar refractivity (Wildman–Crippen MR) is 78.4 cm³/mol. The summed E-state index contributed by atoms with van der Waals surface area (Å²) >= 11 is 1.10. The molecule has 20 heavy (non-hydrogen) atoms. The molecule has 0 spiro atoms. The van der Waals surface area contributed by atoms with Gasteiger partial charge in [0.05, 0.1) is 24.5 Å². The summed E-state index contributed by atoms with van der Waals surface area (Å²) in [6.45, 7) is 2.93. The number of anilines is 2. The molecule has 1 aromatic heterocycles. The zero-order chi connectivity index (χ0) is 15.1. The summed E-state index contributed by atoms with van der Waals surface area (Å²) in [5, 5.41) is 6.06. The van der Waals surface area contributed by atoms with E-state index in [1.54, 1.807) is 14.0 Å². The number of carbonyl (C=O) groups excluding carboxylic acids is 2. The number of hydrogen-bond donors (Lipinski definition) is 3. The van der Waals surface area contributed by atoms with Gasteiger partial charge in [0.25, 0.3) is 5.91 Å². The minimum Gasteiger partial charge on any atom is -0.462 e. The van der Waals surface area contributed by atoms with Crippen LogP contribution >= 0.6 is 11.3 Å². The second-order valence-electron chi connectivity index (χ2n) is 3.77. The van der Waals surface area contributed by atoms with Gasteiger partial charge >= 0.3 is 5.97 Å². The van der Waals surface area contributed by atoms with E-state index in [4.69, 9.17) is 15.2 Å². The number of rotatable bonds is 7. The third-order valence-electron chi connectivity index (χ3n) is 2.45. The van der Waals surface area contributed by atoms with Crippen LogP contribution in [0.25, 0.3) is 0 Å². The lowest BCUT2D eigenvalue weighted by atomic mass is 10.2. The van der Waals surface area contributed by atoms with Gasteiger partial charge in [-0.2, -0.15) is 0 Å². The van der Waals surface area contributed by atoms with Gasteiger partial charge in [-0.05, 0) is 6.92 Å². The number of nitrogen functional groups attached to an aromatic ring is 1. The van der Waals surface area contributed by atoms with Crippen LogP contribution in [-0.2, 0) is 9.47 Å². The standard InChI is InChI=1S/C12H19N3O4S/c1-4-19-12(17)9-8(13)7(10(16)14-2)11(20-9)15-5-6-18-3/h15H,4-6,13H2,1-3H3,(H,14,16). The zero-order valence-corrected chi connectivity index (χ0v) is 12.6. The minimum atomic E-state index is -0.528. The van der Waals surface area contributed by atoms with E-state index < -0.39 is 5.97 Å². The summed E-state index contributed by atoms with van der Waals surface area (Å²) in [6.07, 6.45) is 0. The Hall–Kier alpha value is -1.80. The topological polar surface area (TPSA) is 103 Å². The maximum Gasteiger partial charge on any atom is 0.350 e. The quantitative estimate of drug-likeness (QED) is 0.511.